The molecule has 0 saturated carbocycles. The van der Waals surface area contributed by atoms with Gasteiger partial charge < -0.3 is 19.3 Å². The number of carbonyl (C=O) groups excluding carboxylic acids is 2. The summed E-state index contributed by atoms with van der Waals surface area (Å²) in [5.74, 6) is 1.23. The second-order valence-electron chi connectivity index (χ2n) is 7.14. The minimum Gasteiger partial charge on any atom is -0.494 e. The SMILES string of the molecule is CCOc1ccc(C(=O)N2CCCN(C(=O)C(C)Oc3ccc(Cl)cc3)CC2)cc1. The maximum atomic E-state index is 12.8. The second kappa shape index (κ2) is 10.3. The Balaban J connectivity index is 1.56. The van der Waals surface area contributed by atoms with Gasteiger partial charge in [0.2, 0.25) is 0 Å². The molecular formula is C23H27ClN2O4. The number of nitrogens with zero attached hydrogens (tertiary/aromatic N) is 2. The molecule has 7 heteroatoms. The normalized spacial score (nSPS) is 15.3. The first kappa shape index (κ1) is 22.0. The van der Waals surface area contributed by atoms with Gasteiger partial charge in [0.1, 0.15) is 11.5 Å². The predicted octanol–water partition coefficient (Wildman–Crippen LogP) is 3.88. The molecule has 0 N–H and O–H groups in total. The Hall–Kier alpha value is -2.73. The number of hydrogen-bond donors (Lipinski definition) is 0. The minimum atomic E-state index is -0.612. The van der Waals surface area contributed by atoms with Crippen molar-refractivity contribution in [3.63, 3.8) is 0 Å². The summed E-state index contributed by atoms with van der Waals surface area (Å²) >= 11 is 5.89. The summed E-state index contributed by atoms with van der Waals surface area (Å²) in [4.78, 5) is 29.2. The molecular weight excluding hydrogens is 404 g/mol. The molecule has 1 aliphatic heterocycles. The average molecular weight is 431 g/mol. The Morgan fingerprint density at radius 3 is 2.20 bits per heavy atom. The van der Waals surface area contributed by atoms with Crippen molar-refractivity contribution in [3.8, 4) is 11.5 Å². The van der Waals surface area contributed by atoms with Crippen molar-refractivity contribution < 1.29 is 19.1 Å². The second-order valence-corrected chi connectivity index (χ2v) is 7.58. The van der Waals surface area contributed by atoms with E-state index in [1.807, 2.05) is 6.92 Å². The summed E-state index contributed by atoms with van der Waals surface area (Å²) in [5, 5.41) is 0.617. The van der Waals surface area contributed by atoms with Crippen LogP contribution >= 0.6 is 11.6 Å². The molecule has 2 aromatic carbocycles. The zero-order valence-electron chi connectivity index (χ0n) is 17.3. The minimum absolute atomic E-state index is 0.0298. The Kier molecular flexibility index (Phi) is 7.57. The molecule has 0 spiro atoms. The highest BCUT2D eigenvalue weighted by Gasteiger charge is 2.26. The molecule has 1 saturated heterocycles. The number of rotatable bonds is 6. The number of benzene rings is 2. The van der Waals surface area contributed by atoms with E-state index in [9.17, 15) is 9.59 Å². The van der Waals surface area contributed by atoms with Gasteiger partial charge in [-0.3, -0.25) is 9.59 Å². The van der Waals surface area contributed by atoms with Gasteiger partial charge in [0, 0.05) is 36.8 Å². The third kappa shape index (κ3) is 5.66. The van der Waals surface area contributed by atoms with Crippen LogP contribution in [0.4, 0.5) is 0 Å². The Bertz CT molecular complexity index is 855. The molecule has 3 rings (SSSR count). The molecule has 1 fully saturated rings. The predicted molar refractivity (Wildman–Crippen MR) is 116 cm³/mol. The van der Waals surface area contributed by atoms with Crippen LogP contribution in [-0.2, 0) is 4.79 Å². The first-order chi connectivity index (χ1) is 14.5. The fourth-order valence-electron chi connectivity index (χ4n) is 3.41. The first-order valence-electron chi connectivity index (χ1n) is 10.2. The van der Waals surface area contributed by atoms with Crippen LogP contribution in [0.2, 0.25) is 5.02 Å². The van der Waals surface area contributed by atoms with Gasteiger partial charge in [0.15, 0.2) is 6.10 Å². The van der Waals surface area contributed by atoms with Gasteiger partial charge in [-0.05, 0) is 68.8 Å². The van der Waals surface area contributed by atoms with Crippen molar-refractivity contribution >= 4 is 23.4 Å². The zero-order chi connectivity index (χ0) is 21.5. The molecule has 0 bridgehead atoms. The summed E-state index contributed by atoms with van der Waals surface area (Å²) in [6, 6.07) is 14.1. The molecule has 6 nitrogen and oxygen atoms in total. The van der Waals surface area contributed by atoms with Gasteiger partial charge >= 0.3 is 0 Å². The van der Waals surface area contributed by atoms with E-state index < -0.39 is 6.10 Å². The largest absolute Gasteiger partial charge is 0.494 e. The molecule has 30 heavy (non-hydrogen) atoms. The summed E-state index contributed by atoms with van der Waals surface area (Å²) < 4.78 is 11.2. The summed E-state index contributed by atoms with van der Waals surface area (Å²) in [6.45, 7) is 6.43. The maximum Gasteiger partial charge on any atom is 0.263 e. The van der Waals surface area contributed by atoms with E-state index in [4.69, 9.17) is 21.1 Å². The van der Waals surface area contributed by atoms with E-state index in [0.717, 1.165) is 12.2 Å². The first-order valence-corrected chi connectivity index (χ1v) is 10.6. The highest BCUT2D eigenvalue weighted by Crippen LogP contribution is 2.18. The Morgan fingerprint density at radius 1 is 0.933 bits per heavy atom. The van der Waals surface area contributed by atoms with Gasteiger partial charge in [-0.2, -0.15) is 0 Å². The molecule has 1 aliphatic rings. The standard InChI is InChI=1S/C23H27ClN2O4/c1-3-29-20-9-5-18(6-10-20)23(28)26-14-4-13-25(15-16-26)22(27)17(2)30-21-11-7-19(24)8-12-21/h5-12,17H,3-4,13-16H2,1-2H3. The lowest BCUT2D eigenvalue weighted by Gasteiger charge is -2.25. The van der Waals surface area contributed by atoms with Crippen LogP contribution in [0.5, 0.6) is 11.5 Å². The zero-order valence-corrected chi connectivity index (χ0v) is 18.1. The number of amides is 2. The molecule has 2 amide bonds. The number of hydrogen-bond acceptors (Lipinski definition) is 4. The quantitative estimate of drug-likeness (QED) is 0.697. The van der Waals surface area contributed by atoms with Crippen molar-refractivity contribution in [1.82, 2.24) is 9.80 Å². The van der Waals surface area contributed by atoms with Crippen molar-refractivity contribution in [2.24, 2.45) is 0 Å². The fourth-order valence-corrected chi connectivity index (χ4v) is 3.53. The van der Waals surface area contributed by atoms with E-state index >= 15 is 0 Å². The van der Waals surface area contributed by atoms with Crippen LogP contribution in [0.15, 0.2) is 48.5 Å². The molecule has 1 unspecified atom stereocenters. The van der Waals surface area contributed by atoms with E-state index in [1.54, 1.807) is 65.3 Å². The highest BCUT2D eigenvalue weighted by molar-refractivity contribution is 6.30. The molecule has 1 heterocycles. The molecule has 2 aromatic rings. The third-order valence-electron chi connectivity index (χ3n) is 4.98. The summed E-state index contributed by atoms with van der Waals surface area (Å²) in [5.41, 5.74) is 0.623. The van der Waals surface area contributed by atoms with E-state index in [-0.39, 0.29) is 11.8 Å². The lowest BCUT2D eigenvalue weighted by atomic mass is 10.2. The average Bonchev–Trinajstić information content (AvgIpc) is 3.01. The van der Waals surface area contributed by atoms with E-state index in [2.05, 4.69) is 0 Å². The Labute approximate surface area is 182 Å². The van der Waals surface area contributed by atoms with Crippen LogP contribution < -0.4 is 9.47 Å². The lowest BCUT2D eigenvalue weighted by molar-refractivity contribution is -0.137. The fraction of sp³-hybridized carbons (Fsp3) is 0.391. The monoisotopic (exact) mass is 430 g/mol. The van der Waals surface area contributed by atoms with Gasteiger partial charge in [-0.15, -0.1) is 0 Å². The van der Waals surface area contributed by atoms with Crippen LogP contribution in [0, 0.1) is 0 Å². The van der Waals surface area contributed by atoms with Crippen molar-refractivity contribution in [2.75, 3.05) is 32.8 Å². The van der Waals surface area contributed by atoms with Crippen molar-refractivity contribution in [2.45, 2.75) is 26.4 Å². The van der Waals surface area contributed by atoms with Crippen LogP contribution in [0.25, 0.3) is 0 Å². The van der Waals surface area contributed by atoms with Crippen LogP contribution in [0.3, 0.4) is 0 Å². The Morgan fingerprint density at radius 2 is 1.53 bits per heavy atom. The number of ether oxygens (including phenoxy) is 2. The lowest BCUT2D eigenvalue weighted by Crippen LogP contribution is -2.43. The highest BCUT2D eigenvalue weighted by atomic mass is 35.5. The van der Waals surface area contributed by atoms with E-state index in [1.165, 1.54) is 0 Å². The van der Waals surface area contributed by atoms with Crippen LogP contribution in [0.1, 0.15) is 30.6 Å². The van der Waals surface area contributed by atoms with Gasteiger partial charge in [-0.1, -0.05) is 11.6 Å². The number of carbonyl (C=O) groups is 2. The third-order valence-corrected chi connectivity index (χ3v) is 5.23. The van der Waals surface area contributed by atoms with Crippen molar-refractivity contribution in [3.05, 3.63) is 59.1 Å². The molecule has 160 valence electrons. The van der Waals surface area contributed by atoms with E-state index in [0.29, 0.717) is 49.1 Å². The number of halogens is 1. The summed E-state index contributed by atoms with van der Waals surface area (Å²) in [7, 11) is 0. The molecule has 0 aromatic heterocycles. The molecule has 0 radical (unpaired) electrons. The maximum absolute atomic E-state index is 12.8. The summed E-state index contributed by atoms with van der Waals surface area (Å²) in [6.07, 6.45) is 0.113. The van der Waals surface area contributed by atoms with Crippen molar-refractivity contribution in [1.29, 1.82) is 0 Å². The van der Waals surface area contributed by atoms with Gasteiger partial charge in [0.05, 0.1) is 6.61 Å². The topological polar surface area (TPSA) is 59.1 Å². The van der Waals surface area contributed by atoms with Gasteiger partial charge in [-0.25, -0.2) is 0 Å². The molecule has 1 atom stereocenters. The van der Waals surface area contributed by atoms with Gasteiger partial charge in [0.25, 0.3) is 11.8 Å². The smallest absolute Gasteiger partial charge is 0.263 e. The van der Waals surface area contributed by atoms with Crippen LogP contribution in [-0.4, -0.2) is 60.5 Å². The molecule has 0 aliphatic carbocycles.